The van der Waals surface area contributed by atoms with Gasteiger partial charge in [0.2, 0.25) is 0 Å². The summed E-state index contributed by atoms with van der Waals surface area (Å²) in [4.78, 5) is 4.45. The Balaban J connectivity index is 2.19. The predicted molar refractivity (Wildman–Crippen MR) is 60.7 cm³/mol. The molecule has 0 unspecified atom stereocenters. The molecule has 2 heterocycles. The molecule has 3 nitrogen and oxygen atoms in total. The molecule has 0 radical (unpaired) electrons. The maximum atomic E-state index is 5.29. The highest BCUT2D eigenvalue weighted by Crippen LogP contribution is 2.18. The number of nitrogens with one attached hydrogen (secondary N) is 1. The largest absolute Gasteiger partial charge is 0.463 e. The van der Waals surface area contributed by atoms with Crippen LogP contribution in [0.5, 0.6) is 0 Å². The Morgan fingerprint density at radius 2 is 2.20 bits per heavy atom. The minimum atomic E-state index is 0.801. The van der Waals surface area contributed by atoms with Gasteiger partial charge in [-0.15, -0.1) is 0 Å². The Bertz CT molecular complexity index is 409. The van der Waals surface area contributed by atoms with Crippen molar-refractivity contribution in [3.8, 4) is 11.5 Å². The highest BCUT2D eigenvalue weighted by Gasteiger charge is 2.02. The van der Waals surface area contributed by atoms with Gasteiger partial charge >= 0.3 is 0 Å². The van der Waals surface area contributed by atoms with Crippen molar-refractivity contribution in [2.24, 2.45) is 0 Å². The van der Waals surface area contributed by atoms with E-state index in [0.717, 1.165) is 30.2 Å². The van der Waals surface area contributed by atoms with Gasteiger partial charge in [0.15, 0.2) is 5.76 Å². The van der Waals surface area contributed by atoms with E-state index in [1.165, 1.54) is 0 Å². The second-order valence-corrected chi connectivity index (χ2v) is 3.31. The summed E-state index contributed by atoms with van der Waals surface area (Å²) in [6, 6.07) is 9.65. The molecule has 0 amide bonds. The van der Waals surface area contributed by atoms with Crippen molar-refractivity contribution in [2.45, 2.75) is 13.3 Å². The van der Waals surface area contributed by atoms with Gasteiger partial charge in [0.25, 0.3) is 0 Å². The van der Waals surface area contributed by atoms with Crippen molar-refractivity contribution in [3.05, 3.63) is 36.6 Å². The minimum absolute atomic E-state index is 0.801. The first kappa shape index (κ1) is 9.77. The lowest BCUT2D eigenvalue weighted by molar-refractivity contribution is 0.580. The summed E-state index contributed by atoms with van der Waals surface area (Å²) < 4.78 is 5.29. The van der Waals surface area contributed by atoms with Gasteiger partial charge in [0.05, 0.1) is 6.26 Å². The zero-order chi connectivity index (χ0) is 10.5. The molecule has 3 heteroatoms. The number of hydrogen-bond donors (Lipinski definition) is 1. The fourth-order valence-corrected chi connectivity index (χ4v) is 1.35. The second kappa shape index (κ2) is 4.64. The number of aromatic nitrogens is 1. The summed E-state index contributed by atoms with van der Waals surface area (Å²) >= 11 is 0. The molecule has 0 aromatic carbocycles. The SMILES string of the molecule is CCCNc1cccc(-c2ccco2)n1. The first-order valence-corrected chi connectivity index (χ1v) is 5.15. The van der Waals surface area contributed by atoms with Crippen LogP contribution in [-0.2, 0) is 0 Å². The van der Waals surface area contributed by atoms with Crippen LogP contribution in [0.1, 0.15) is 13.3 Å². The van der Waals surface area contributed by atoms with E-state index < -0.39 is 0 Å². The molecule has 0 bridgehead atoms. The fourth-order valence-electron chi connectivity index (χ4n) is 1.35. The monoisotopic (exact) mass is 202 g/mol. The summed E-state index contributed by atoms with van der Waals surface area (Å²) in [5, 5.41) is 3.24. The third kappa shape index (κ3) is 2.37. The maximum absolute atomic E-state index is 5.29. The Kier molecular flexibility index (Phi) is 3.02. The van der Waals surface area contributed by atoms with Crippen LogP contribution in [0.25, 0.3) is 11.5 Å². The number of rotatable bonds is 4. The summed E-state index contributed by atoms with van der Waals surface area (Å²) in [6.07, 6.45) is 2.75. The van der Waals surface area contributed by atoms with Crippen LogP contribution in [0.15, 0.2) is 41.0 Å². The zero-order valence-corrected chi connectivity index (χ0v) is 8.73. The molecule has 2 aromatic rings. The molecule has 0 saturated heterocycles. The quantitative estimate of drug-likeness (QED) is 0.827. The molecule has 0 aliphatic heterocycles. The maximum Gasteiger partial charge on any atom is 0.152 e. The van der Waals surface area contributed by atoms with Gasteiger partial charge in [-0.1, -0.05) is 13.0 Å². The third-order valence-corrected chi connectivity index (χ3v) is 2.08. The number of anilines is 1. The minimum Gasteiger partial charge on any atom is -0.463 e. The van der Waals surface area contributed by atoms with Gasteiger partial charge in [-0.25, -0.2) is 4.98 Å². The Labute approximate surface area is 89.1 Å². The van der Waals surface area contributed by atoms with Gasteiger partial charge in [-0.2, -0.15) is 0 Å². The van der Waals surface area contributed by atoms with Crippen LogP contribution in [0.3, 0.4) is 0 Å². The average molecular weight is 202 g/mol. The molecule has 0 fully saturated rings. The Morgan fingerprint density at radius 3 is 2.93 bits per heavy atom. The molecule has 0 spiro atoms. The molecule has 78 valence electrons. The zero-order valence-electron chi connectivity index (χ0n) is 8.73. The smallest absolute Gasteiger partial charge is 0.152 e. The summed E-state index contributed by atoms with van der Waals surface area (Å²) in [5.74, 6) is 1.70. The Hall–Kier alpha value is -1.77. The van der Waals surface area contributed by atoms with Crippen LogP contribution >= 0.6 is 0 Å². The molecule has 0 aliphatic carbocycles. The standard InChI is InChI=1S/C12H14N2O/c1-2-8-13-12-7-3-5-10(14-12)11-6-4-9-15-11/h3-7,9H,2,8H2,1H3,(H,13,14). The van der Waals surface area contributed by atoms with Crippen molar-refractivity contribution in [1.82, 2.24) is 4.98 Å². The molecule has 0 saturated carbocycles. The van der Waals surface area contributed by atoms with E-state index in [4.69, 9.17) is 4.42 Å². The van der Waals surface area contributed by atoms with Crippen LogP contribution in [-0.4, -0.2) is 11.5 Å². The first-order valence-electron chi connectivity index (χ1n) is 5.15. The molecule has 0 aliphatic rings. The number of furan rings is 1. The number of hydrogen-bond acceptors (Lipinski definition) is 3. The second-order valence-electron chi connectivity index (χ2n) is 3.31. The molecule has 1 N–H and O–H groups in total. The highest BCUT2D eigenvalue weighted by molar-refractivity contribution is 5.55. The van der Waals surface area contributed by atoms with Gasteiger partial charge in [-0.05, 0) is 30.7 Å². The van der Waals surface area contributed by atoms with E-state index in [-0.39, 0.29) is 0 Å². The van der Waals surface area contributed by atoms with Crippen LogP contribution in [0.4, 0.5) is 5.82 Å². The normalized spacial score (nSPS) is 10.2. The van der Waals surface area contributed by atoms with E-state index in [1.54, 1.807) is 6.26 Å². The number of nitrogens with zero attached hydrogens (tertiary/aromatic N) is 1. The van der Waals surface area contributed by atoms with E-state index in [2.05, 4.69) is 17.2 Å². The fraction of sp³-hybridized carbons (Fsp3) is 0.250. The van der Waals surface area contributed by atoms with Gasteiger partial charge in [-0.3, -0.25) is 0 Å². The summed E-state index contributed by atoms with van der Waals surface area (Å²) in [5.41, 5.74) is 0.862. The van der Waals surface area contributed by atoms with E-state index in [0.29, 0.717) is 0 Å². The van der Waals surface area contributed by atoms with Crippen molar-refractivity contribution in [1.29, 1.82) is 0 Å². The van der Waals surface area contributed by atoms with E-state index >= 15 is 0 Å². The highest BCUT2D eigenvalue weighted by atomic mass is 16.3. The van der Waals surface area contributed by atoms with Gasteiger partial charge in [0, 0.05) is 6.54 Å². The predicted octanol–water partition coefficient (Wildman–Crippen LogP) is 3.16. The van der Waals surface area contributed by atoms with Crippen LogP contribution in [0.2, 0.25) is 0 Å². The Morgan fingerprint density at radius 1 is 1.27 bits per heavy atom. The molecule has 0 atom stereocenters. The molecule has 15 heavy (non-hydrogen) atoms. The lowest BCUT2D eigenvalue weighted by atomic mass is 10.3. The molecular formula is C12H14N2O. The van der Waals surface area contributed by atoms with Crippen molar-refractivity contribution in [2.75, 3.05) is 11.9 Å². The lowest BCUT2D eigenvalue weighted by Gasteiger charge is -2.04. The third-order valence-electron chi connectivity index (χ3n) is 2.08. The number of pyridine rings is 1. The average Bonchev–Trinajstić information content (AvgIpc) is 2.80. The summed E-state index contributed by atoms with van der Waals surface area (Å²) in [6.45, 7) is 3.07. The lowest BCUT2D eigenvalue weighted by Crippen LogP contribution is -2.01. The topological polar surface area (TPSA) is 38.1 Å². The van der Waals surface area contributed by atoms with Crippen LogP contribution in [0, 0.1) is 0 Å². The molecule has 2 rings (SSSR count). The van der Waals surface area contributed by atoms with E-state index in [1.807, 2.05) is 30.3 Å². The van der Waals surface area contributed by atoms with Crippen molar-refractivity contribution >= 4 is 5.82 Å². The molecular weight excluding hydrogens is 188 g/mol. The van der Waals surface area contributed by atoms with Crippen molar-refractivity contribution < 1.29 is 4.42 Å². The summed E-state index contributed by atoms with van der Waals surface area (Å²) in [7, 11) is 0. The first-order chi connectivity index (χ1) is 7.40. The molecule has 2 aromatic heterocycles. The van der Waals surface area contributed by atoms with Gasteiger partial charge < -0.3 is 9.73 Å². The van der Waals surface area contributed by atoms with Crippen LogP contribution < -0.4 is 5.32 Å². The van der Waals surface area contributed by atoms with E-state index in [9.17, 15) is 0 Å². The van der Waals surface area contributed by atoms with Crippen molar-refractivity contribution in [3.63, 3.8) is 0 Å². The van der Waals surface area contributed by atoms with Gasteiger partial charge in [0.1, 0.15) is 11.5 Å².